The summed E-state index contributed by atoms with van der Waals surface area (Å²) in [6.45, 7) is 1.84. The largest absolute Gasteiger partial charge is 0.404 e. The first-order valence-electron chi connectivity index (χ1n) is 3.42. The average molecular weight is 221 g/mol. The van der Waals surface area contributed by atoms with E-state index in [1.165, 1.54) is 11.6 Å². The van der Waals surface area contributed by atoms with Crippen LogP contribution in [-0.2, 0) is 14.5 Å². The number of nitrogens with one attached hydrogen (secondary N) is 1. The Morgan fingerprint density at radius 3 is 2.23 bits per heavy atom. The summed E-state index contributed by atoms with van der Waals surface area (Å²) >= 11 is 0. The van der Waals surface area contributed by atoms with Gasteiger partial charge in [-0.1, -0.05) is 0 Å². The topological polar surface area (TPSA) is 55.4 Å². The van der Waals surface area contributed by atoms with E-state index in [0.29, 0.717) is 6.92 Å². The molecule has 80 valence electrons. The Morgan fingerprint density at radius 1 is 1.46 bits per heavy atom. The quantitative estimate of drug-likeness (QED) is 0.764. The number of halogens is 3. The minimum atomic E-state index is -4.61. The smallest absolute Gasteiger partial charge is 0.258 e. The Morgan fingerprint density at radius 2 is 1.92 bits per heavy atom. The van der Waals surface area contributed by atoms with Crippen LogP contribution in [0.1, 0.15) is 13.8 Å². The lowest BCUT2D eigenvalue weighted by Crippen LogP contribution is -2.43. The molecule has 0 fully saturated rings. The SMILES string of the molecule is CCOS(=O)(=O)NC(C)C(F)(F)F. The Hall–Kier alpha value is -0.340. The van der Waals surface area contributed by atoms with Crippen molar-refractivity contribution in [3.8, 4) is 0 Å². The maximum Gasteiger partial charge on any atom is 0.404 e. The summed E-state index contributed by atoms with van der Waals surface area (Å²) in [6.07, 6.45) is -4.61. The highest BCUT2D eigenvalue weighted by Crippen LogP contribution is 2.20. The van der Waals surface area contributed by atoms with Crippen molar-refractivity contribution >= 4 is 10.3 Å². The van der Waals surface area contributed by atoms with E-state index < -0.39 is 22.5 Å². The van der Waals surface area contributed by atoms with Crippen molar-refractivity contribution in [3.05, 3.63) is 0 Å². The first-order valence-corrected chi connectivity index (χ1v) is 4.83. The Kier molecular flexibility index (Phi) is 4.14. The van der Waals surface area contributed by atoms with Gasteiger partial charge in [0.1, 0.15) is 6.04 Å². The Balaban J connectivity index is 4.29. The van der Waals surface area contributed by atoms with Crippen LogP contribution < -0.4 is 4.72 Å². The molecule has 0 bridgehead atoms. The summed E-state index contributed by atoms with van der Waals surface area (Å²) in [5, 5.41) is 0. The van der Waals surface area contributed by atoms with Crippen LogP contribution in [0.15, 0.2) is 0 Å². The van der Waals surface area contributed by atoms with Gasteiger partial charge in [0.25, 0.3) is 0 Å². The highest BCUT2D eigenvalue weighted by molar-refractivity contribution is 7.84. The third kappa shape index (κ3) is 5.06. The predicted molar refractivity (Wildman–Crippen MR) is 39.2 cm³/mol. The Labute approximate surface area is 74.3 Å². The van der Waals surface area contributed by atoms with Crippen LogP contribution in [0.2, 0.25) is 0 Å². The van der Waals surface area contributed by atoms with Gasteiger partial charge in [-0.25, -0.2) is 0 Å². The molecule has 8 heteroatoms. The van der Waals surface area contributed by atoms with E-state index in [9.17, 15) is 21.6 Å². The van der Waals surface area contributed by atoms with Gasteiger partial charge in [-0.2, -0.15) is 26.3 Å². The first kappa shape index (κ1) is 12.7. The molecule has 0 aliphatic heterocycles. The molecule has 4 nitrogen and oxygen atoms in total. The van der Waals surface area contributed by atoms with Crippen molar-refractivity contribution in [1.82, 2.24) is 4.72 Å². The van der Waals surface area contributed by atoms with Crippen LogP contribution in [0.4, 0.5) is 13.2 Å². The van der Waals surface area contributed by atoms with E-state index in [-0.39, 0.29) is 6.61 Å². The molecule has 0 amide bonds. The number of rotatable bonds is 4. The minimum absolute atomic E-state index is 0.208. The van der Waals surface area contributed by atoms with Crippen molar-refractivity contribution in [1.29, 1.82) is 0 Å². The zero-order valence-electron chi connectivity index (χ0n) is 7.05. The molecule has 1 unspecified atom stereocenters. The third-order valence-electron chi connectivity index (χ3n) is 1.09. The summed E-state index contributed by atoms with van der Waals surface area (Å²) in [7, 11) is -4.28. The van der Waals surface area contributed by atoms with E-state index in [1.54, 1.807) is 0 Å². The molecule has 0 saturated carbocycles. The molecule has 0 radical (unpaired) electrons. The zero-order chi connectivity index (χ0) is 10.7. The van der Waals surface area contributed by atoms with Crippen molar-refractivity contribution in [2.45, 2.75) is 26.1 Å². The molecule has 0 aliphatic rings. The summed E-state index contributed by atoms with van der Waals surface area (Å²) in [5.41, 5.74) is 0. The van der Waals surface area contributed by atoms with E-state index in [2.05, 4.69) is 4.18 Å². The summed E-state index contributed by atoms with van der Waals surface area (Å²) < 4.78 is 62.2. The molecule has 0 heterocycles. The normalized spacial score (nSPS) is 15.8. The average Bonchev–Trinajstić information content (AvgIpc) is 1.83. The highest BCUT2D eigenvalue weighted by atomic mass is 32.2. The summed E-state index contributed by atoms with van der Waals surface area (Å²) in [4.78, 5) is 0. The van der Waals surface area contributed by atoms with Crippen molar-refractivity contribution in [2.24, 2.45) is 0 Å². The second-order valence-electron chi connectivity index (χ2n) is 2.24. The van der Waals surface area contributed by atoms with Gasteiger partial charge in [-0.15, -0.1) is 0 Å². The van der Waals surface area contributed by atoms with Crippen LogP contribution in [0.25, 0.3) is 0 Å². The molecule has 0 aromatic carbocycles. The summed E-state index contributed by atoms with van der Waals surface area (Å²) in [6, 6.07) is -2.15. The van der Waals surface area contributed by atoms with Gasteiger partial charge < -0.3 is 0 Å². The zero-order valence-corrected chi connectivity index (χ0v) is 7.87. The van der Waals surface area contributed by atoms with Gasteiger partial charge in [-0.3, -0.25) is 4.18 Å². The van der Waals surface area contributed by atoms with Crippen LogP contribution in [0.3, 0.4) is 0 Å². The molecule has 0 aliphatic carbocycles. The van der Waals surface area contributed by atoms with Crippen molar-refractivity contribution < 1.29 is 25.8 Å². The maximum atomic E-state index is 11.8. The number of alkyl halides is 3. The standard InChI is InChI=1S/C5H10F3NO3S/c1-3-12-13(10,11)9-4(2)5(6,7)8/h4,9H,3H2,1-2H3. The van der Waals surface area contributed by atoms with Crippen LogP contribution in [-0.4, -0.2) is 27.2 Å². The first-order chi connectivity index (χ1) is 5.69. The highest BCUT2D eigenvalue weighted by Gasteiger charge is 2.38. The fourth-order valence-corrected chi connectivity index (χ4v) is 1.42. The molecule has 0 aromatic heterocycles. The van der Waals surface area contributed by atoms with Gasteiger partial charge in [0, 0.05) is 0 Å². The molecule has 0 aromatic rings. The van der Waals surface area contributed by atoms with Crippen LogP contribution in [0, 0.1) is 0 Å². The maximum absolute atomic E-state index is 11.8. The van der Waals surface area contributed by atoms with E-state index in [4.69, 9.17) is 0 Å². The van der Waals surface area contributed by atoms with Gasteiger partial charge in [0.05, 0.1) is 6.61 Å². The van der Waals surface area contributed by atoms with Gasteiger partial charge in [0.15, 0.2) is 0 Å². The number of hydrogen-bond donors (Lipinski definition) is 1. The lowest BCUT2D eigenvalue weighted by molar-refractivity contribution is -0.147. The van der Waals surface area contributed by atoms with E-state index in [0.717, 1.165) is 0 Å². The minimum Gasteiger partial charge on any atom is -0.258 e. The van der Waals surface area contributed by atoms with Crippen LogP contribution >= 0.6 is 0 Å². The third-order valence-corrected chi connectivity index (χ3v) is 2.27. The fourth-order valence-electron chi connectivity index (χ4n) is 0.472. The predicted octanol–water partition coefficient (Wildman–Crippen LogP) is 0.808. The van der Waals surface area contributed by atoms with Crippen molar-refractivity contribution in [2.75, 3.05) is 6.61 Å². The molecule has 0 spiro atoms. The molecule has 13 heavy (non-hydrogen) atoms. The van der Waals surface area contributed by atoms with E-state index >= 15 is 0 Å². The second kappa shape index (κ2) is 4.25. The summed E-state index contributed by atoms with van der Waals surface area (Å²) in [5.74, 6) is 0. The fraction of sp³-hybridized carbons (Fsp3) is 1.00. The molecule has 0 saturated heterocycles. The lowest BCUT2D eigenvalue weighted by atomic mass is 10.4. The molecule has 0 rings (SSSR count). The lowest BCUT2D eigenvalue weighted by Gasteiger charge is -2.16. The van der Waals surface area contributed by atoms with Gasteiger partial charge in [0.2, 0.25) is 0 Å². The second-order valence-corrected chi connectivity index (χ2v) is 3.62. The van der Waals surface area contributed by atoms with Gasteiger partial charge >= 0.3 is 16.5 Å². The number of hydrogen-bond acceptors (Lipinski definition) is 3. The molecule has 1 atom stereocenters. The van der Waals surface area contributed by atoms with E-state index in [1.807, 2.05) is 0 Å². The monoisotopic (exact) mass is 221 g/mol. The molecule has 1 N–H and O–H groups in total. The molecular formula is C5H10F3NO3S. The Bertz CT molecular complexity index is 248. The van der Waals surface area contributed by atoms with Crippen molar-refractivity contribution in [3.63, 3.8) is 0 Å². The van der Waals surface area contributed by atoms with Gasteiger partial charge in [-0.05, 0) is 13.8 Å². The van der Waals surface area contributed by atoms with Crippen LogP contribution in [0.5, 0.6) is 0 Å². The molecular weight excluding hydrogens is 211 g/mol.